The molecule has 1 aliphatic heterocycles. The van der Waals surface area contributed by atoms with Gasteiger partial charge in [-0.3, -0.25) is 0 Å². The Morgan fingerprint density at radius 2 is 2.20 bits per heavy atom. The first-order valence-electron chi connectivity index (χ1n) is 10.4. The molecule has 0 spiro atoms. The molecule has 6 nitrogen and oxygen atoms in total. The second kappa shape index (κ2) is 13.1. The van der Waals surface area contributed by atoms with Crippen LogP contribution in [-0.2, 0) is 24.2 Å². The Hall–Kier alpha value is -1.39. The van der Waals surface area contributed by atoms with Gasteiger partial charge in [0.2, 0.25) is 0 Å². The standard InChI is InChI=1S/C22H32N4O2S.HI/c1-4-21-26-19(15-29-21)12-25-22(23-5-2)24-11-18-7-6-16(3)10-20(18)28-14-17-8-9-27-13-17;/h6-7,10,15,17H,4-5,8-9,11-14H2,1-3H3,(H2,23,24,25);1H. The molecule has 1 fully saturated rings. The highest BCUT2D eigenvalue weighted by molar-refractivity contribution is 14.0. The van der Waals surface area contributed by atoms with E-state index in [1.54, 1.807) is 11.3 Å². The van der Waals surface area contributed by atoms with Crippen molar-refractivity contribution in [3.8, 4) is 5.75 Å². The number of guanidine groups is 1. The number of nitrogens with one attached hydrogen (secondary N) is 2. The van der Waals surface area contributed by atoms with E-state index in [4.69, 9.17) is 14.5 Å². The van der Waals surface area contributed by atoms with Gasteiger partial charge in [-0.05, 0) is 38.3 Å². The number of halogens is 1. The smallest absolute Gasteiger partial charge is 0.191 e. The molecule has 0 amide bonds. The Morgan fingerprint density at radius 1 is 1.33 bits per heavy atom. The van der Waals surface area contributed by atoms with Gasteiger partial charge in [-0.25, -0.2) is 9.98 Å². The van der Waals surface area contributed by atoms with E-state index < -0.39 is 0 Å². The number of hydrogen-bond acceptors (Lipinski definition) is 5. The number of nitrogens with zero attached hydrogens (tertiary/aromatic N) is 2. The van der Waals surface area contributed by atoms with Crippen LogP contribution in [0.15, 0.2) is 28.6 Å². The molecule has 1 aromatic heterocycles. The third-order valence-corrected chi connectivity index (χ3v) is 5.85. The van der Waals surface area contributed by atoms with Crippen LogP contribution in [0.25, 0.3) is 0 Å². The molecular formula is C22H33IN4O2S. The molecule has 166 valence electrons. The average Bonchev–Trinajstić information content (AvgIpc) is 3.41. The lowest BCUT2D eigenvalue weighted by atomic mass is 10.1. The van der Waals surface area contributed by atoms with Gasteiger partial charge >= 0.3 is 0 Å². The van der Waals surface area contributed by atoms with Crippen molar-refractivity contribution in [3.05, 3.63) is 45.4 Å². The van der Waals surface area contributed by atoms with Gasteiger partial charge < -0.3 is 20.1 Å². The molecular weight excluding hydrogens is 511 g/mol. The number of aryl methyl sites for hydroxylation is 2. The predicted octanol–water partition coefficient (Wildman–Crippen LogP) is 4.30. The van der Waals surface area contributed by atoms with Crippen molar-refractivity contribution >= 4 is 41.3 Å². The van der Waals surface area contributed by atoms with Gasteiger partial charge in [0.1, 0.15) is 5.75 Å². The first-order valence-corrected chi connectivity index (χ1v) is 11.3. The van der Waals surface area contributed by atoms with Crippen molar-refractivity contribution in [1.29, 1.82) is 0 Å². The SMILES string of the molecule is CCNC(=NCc1ccc(C)cc1OCC1CCOC1)NCc1csc(CC)n1.I. The van der Waals surface area contributed by atoms with E-state index in [2.05, 4.69) is 60.0 Å². The van der Waals surface area contributed by atoms with Crippen molar-refractivity contribution in [3.63, 3.8) is 0 Å². The topological polar surface area (TPSA) is 67.8 Å². The first kappa shape index (κ1) is 24.9. The summed E-state index contributed by atoms with van der Waals surface area (Å²) in [7, 11) is 0. The molecule has 0 aliphatic carbocycles. The van der Waals surface area contributed by atoms with Crippen molar-refractivity contribution in [1.82, 2.24) is 15.6 Å². The van der Waals surface area contributed by atoms with Crippen LogP contribution in [-0.4, -0.2) is 37.3 Å². The van der Waals surface area contributed by atoms with Crippen LogP contribution < -0.4 is 15.4 Å². The lowest BCUT2D eigenvalue weighted by molar-refractivity contribution is 0.166. The molecule has 1 aromatic carbocycles. The molecule has 3 rings (SSSR count). The van der Waals surface area contributed by atoms with E-state index in [0.717, 1.165) is 60.6 Å². The predicted molar refractivity (Wildman–Crippen MR) is 134 cm³/mol. The number of aromatic nitrogens is 1. The number of ether oxygens (including phenoxy) is 2. The van der Waals surface area contributed by atoms with Gasteiger partial charge in [-0.2, -0.15) is 0 Å². The normalized spacial score (nSPS) is 16.2. The Labute approximate surface area is 200 Å². The summed E-state index contributed by atoms with van der Waals surface area (Å²) < 4.78 is 11.6. The fraction of sp³-hybridized carbons (Fsp3) is 0.545. The lowest BCUT2D eigenvalue weighted by Crippen LogP contribution is -2.36. The van der Waals surface area contributed by atoms with Crippen LogP contribution in [0.1, 0.15) is 42.1 Å². The summed E-state index contributed by atoms with van der Waals surface area (Å²) in [6.45, 7) is 10.7. The molecule has 8 heteroatoms. The van der Waals surface area contributed by atoms with Gasteiger partial charge in [0.15, 0.2) is 5.96 Å². The van der Waals surface area contributed by atoms with E-state index >= 15 is 0 Å². The number of benzene rings is 1. The Kier molecular flexibility index (Phi) is 10.9. The van der Waals surface area contributed by atoms with Crippen LogP contribution in [0.5, 0.6) is 5.75 Å². The molecule has 30 heavy (non-hydrogen) atoms. The maximum atomic E-state index is 6.14. The van der Waals surface area contributed by atoms with Crippen LogP contribution in [0, 0.1) is 12.8 Å². The number of aliphatic imine (C=N–C) groups is 1. The van der Waals surface area contributed by atoms with Crippen LogP contribution in [0.3, 0.4) is 0 Å². The first-order chi connectivity index (χ1) is 14.2. The lowest BCUT2D eigenvalue weighted by Gasteiger charge is -2.15. The van der Waals surface area contributed by atoms with E-state index in [9.17, 15) is 0 Å². The summed E-state index contributed by atoms with van der Waals surface area (Å²) >= 11 is 1.71. The van der Waals surface area contributed by atoms with E-state index in [1.807, 2.05) is 0 Å². The molecule has 0 bridgehead atoms. The van der Waals surface area contributed by atoms with E-state index in [1.165, 1.54) is 5.56 Å². The van der Waals surface area contributed by atoms with E-state index in [-0.39, 0.29) is 24.0 Å². The van der Waals surface area contributed by atoms with E-state index in [0.29, 0.717) is 25.6 Å². The molecule has 2 heterocycles. The number of hydrogen-bond donors (Lipinski definition) is 2. The number of thiazole rings is 1. The highest BCUT2D eigenvalue weighted by Gasteiger charge is 2.17. The fourth-order valence-corrected chi connectivity index (χ4v) is 3.87. The van der Waals surface area contributed by atoms with Gasteiger partial charge in [0.05, 0.1) is 37.0 Å². The Morgan fingerprint density at radius 3 is 2.90 bits per heavy atom. The number of rotatable bonds is 9. The monoisotopic (exact) mass is 544 g/mol. The molecule has 1 aliphatic rings. The summed E-state index contributed by atoms with van der Waals surface area (Å²) in [5.41, 5.74) is 3.33. The van der Waals surface area contributed by atoms with Gasteiger partial charge in [0, 0.05) is 30.0 Å². The second-order valence-electron chi connectivity index (χ2n) is 7.29. The summed E-state index contributed by atoms with van der Waals surface area (Å²) in [5.74, 6) is 2.19. The van der Waals surface area contributed by atoms with Crippen LogP contribution in [0.2, 0.25) is 0 Å². The highest BCUT2D eigenvalue weighted by atomic mass is 127. The summed E-state index contributed by atoms with van der Waals surface area (Å²) in [5, 5.41) is 9.96. The van der Waals surface area contributed by atoms with Crippen molar-refractivity contribution < 1.29 is 9.47 Å². The van der Waals surface area contributed by atoms with Gasteiger partial charge in [-0.15, -0.1) is 35.3 Å². The molecule has 0 radical (unpaired) electrons. The summed E-state index contributed by atoms with van der Waals surface area (Å²) in [4.78, 5) is 9.37. The quantitative estimate of drug-likeness (QED) is 0.280. The van der Waals surface area contributed by atoms with Gasteiger partial charge in [0.25, 0.3) is 0 Å². The minimum absolute atomic E-state index is 0. The van der Waals surface area contributed by atoms with Gasteiger partial charge in [-0.1, -0.05) is 19.1 Å². The molecule has 2 aromatic rings. The average molecular weight is 545 g/mol. The summed E-state index contributed by atoms with van der Waals surface area (Å²) in [6.07, 6.45) is 2.05. The zero-order valence-corrected chi connectivity index (χ0v) is 21.2. The molecule has 0 saturated carbocycles. The zero-order valence-electron chi connectivity index (χ0n) is 18.1. The molecule has 1 unspecified atom stereocenters. The molecule has 2 N–H and O–H groups in total. The van der Waals surface area contributed by atoms with Crippen molar-refractivity contribution in [2.24, 2.45) is 10.9 Å². The van der Waals surface area contributed by atoms with Crippen molar-refractivity contribution in [2.75, 3.05) is 26.4 Å². The third-order valence-electron chi connectivity index (χ3n) is 4.81. The maximum absolute atomic E-state index is 6.14. The highest BCUT2D eigenvalue weighted by Crippen LogP contribution is 2.23. The van der Waals surface area contributed by atoms with Crippen molar-refractivity contribution in [2.45, 2.75) is 46.7 Å². The minimum atomic E-state index is 0. The summed E-state index contributed by atoms with van der Waals surface area (Å²) in [6, 6.07) is 6.32. The molecule has 1 saturated heterocycles. The van der Waals surface area contributed by atoms with Crippen LogP contribution >= 0.6 is 35.3 Å². The second-order valence-corrected chi connectivity index (χ2v) is 8.23. The zero-order chi connectivity index (χ0) is 20.5. The minimum Gasteiger partial charge on any atom is -0.493 e. The maximum Gasteiger partial charge on any atom is 0.191 e. The molecule has 1 atom stereocenters. The third kappa shape index (κ3) is 7.70. The Bertz CT molecular complexity index is 806. The largest absolute Gasteiger partial charge is 0.493 e. The Balaban J connectivity index is 0.00000320. The fourth-order valence-electron chi connectivity index (χ4n) is 3.12. The van der Waals surface area contributed by atoms with Crippen LogP contribution in [0.4, 0.5) is 0 Å².